The van der Waals surface area contributed by atoms with E-state index in [-0.39, 0.29) is 11.3 Å². The number of aromatic carboxylic acids is 1. The molecule has 0 bridgehead atoms. The maximum atomic E-state index is 12.6. The highest BCUT2D eigenvalue weighted by Crippen LogP contribution is 2.27. The zero-order valence-corrected chi connectivity index (χ0v) is 15.5. The fraction of sp³-hybridized carbons (Fsp3) is 0. The van der Waals surface area contributed by atoms with Crippen LogP contribution in [-0.2, 0) is 4.79 Å². The molecule has 0 radical (unpaired) electrons. The predicted molar refractivity (Wildman–Crippen MR) is 104 cm³/mol. The number of halogens is 1. The third-order valence-electron chi connectivity index (χ3n) is 4.26. The van der Waals surface area contributed by atoms with E-state index < -0.39 is 17.9 Å². The molecular formula is C21H12ClN2O5-. The number of hydrogen-bond donors (Lipinski definition) is 1. The molecule has 7 nitrogen and oxygen atoms in total. The molecule has 1 aliphatic rings. The lowest BCUT2D eigenvalue weighted by Gasteiger charge is -2.11. The standard InChI is InChI=1S/C21H13ClN2O5/c22-14-2-1-3-15(10-14)24-19(25)17(23-21(24)28)11-16-8-9-18(29-16)12-4-6-13(7-5-12)20(26)27/h1-11H,(H,23,28)(H,26,27)/p-1/b17-11+. The number of amides is 3. The predicted octanol–water partition coefficient (Wildman–Crippen LogP) is 3.06. The number of anilines is 1. The van der Waals surface area contributed by atoms with Crippen LogP contribution in [0.1, 0.15) is 16.1 Å². The van der Waals surface area contributed by atoms with Gasteiger partial charge >= 0.3 is 6.03 Å². The van der Waals surface area contributed by atoms with Gasteiger partial charge in [0, 0.05) is 16.7 Å². The highest BCUT2D eigenvalue weighted by atomic mass is 35.5. The van der Waals surface area contributed by atoms with E-state index in [0.29, 0.717) is 27.8 Å². The number of carbonyl (C=O) groups is 3. The molecule has 1 aliphatic heterocycles. The Morgan fingerprint density at radius 3 is 2.52 bits per heavy atom. The Hall–Kier alpha value is -3.84. The Morgan fingerprint density at radius 2 is 1.83 bits per heavy atom. The van der Waals surface area contributed by atoms with Crippen LogP contribution in [0.3, 0.4) is 0 Å². The van der Waals surface area contributed by atoms with Crippen molar-refractivity contribution in [1.29, 1.82) is 0 Å². The van der Waals surface area contributed by atoms with Crippen LogP contribution in [0.15, 0.2) is 70.8 Å². The Labute approximate surface area is 169 Å². The van der Waals surface area contributed by atoms with Gasteiger partial charge < -0.3 is 19.6 Å². The second kappa shape index (κ2) is 7.29. The van der Waals surface area contributed by atoms with Gasteiger partial charge in [0.1, 0.15) is 17.2 Å². The Balaban J connectivity index is 1.58. The van der Waals surface area contributed by atoms with Crippen molar-refractivity contribution < 1.29 is 23.9 Å². The number of hydrogen-bond acceptors (Lipinski definition) is 5. The first-order chi connectivity index (χ1) is 13.9. The number of nitrogens with zero attached hydrogens (tertiary/aromatic N) is 1. The van der Waals surface area contributed by atoms with Crippen molar-refractivity contribution in [3.63, 3.8) is 0 Å². The van der Waals surface area contributed by atoms with Crippen LogP contribution in [0.5, 0.6) is 0 Å². The Bertz CT molecular complexity index is 1160. The summed E-state index contributed by atoms with van der Waals surface area (Å²) in [6, 6.07) is 15.1. The van der Waals surface area contributed by atoms with Crippen molar-refractivity contribution in [2.45, 2.75) is 0 Å². The molecule has 0 aliphatic carbocycles. The molecule has 29 heavy (non-hydrogen) atoms. The molecule has 2 aromatic carbocycles. The van der Waals surface area contributed by atoms with Gasteiger partial charge in [0.25, 0.3) is 5.91 Å². The van der Waals surface area contributed by atoms with E-state index in [1.54, 1.807) is 42.5 Å². The van der Waals surface area contributed by atoms with Crippen LogP contribution in [0.2, 0.25) is 5.02 Å². The monoisotopic (exact) mass is 407 g/mol. The maximum absolute atomic E-state index is 12.6. The number of carboxylic acid groups (broad SMARTS) is 1. The second-order valence-electron chi connectivity index (χ2n) is 6.18. The first-order valence-corrected chi connectivity index (χ1v) is 8.84. The third-order valence-corrected chi connectivity index (χ3v) is 4.50. The van der Waals surface area contributed by atoms with Gasteiger partial charge in [-0.25, -0.2) is 9.69 Å². The zero-order valence-electron chi connectivity index (χ0n) is 14.7. The molecular weight excluding hydrogens is 396 g/mol. The fourth-order valence-electron chi connectivity index (χ4n) is 2.88. The summed E-state index contributed by atoms with van der Waals surface area (Å²) in [6.07, 6.45) is 1.42. The topological polar surface area (TPSA) is 103 Å². The van der Waals surface area contributed by atoms with Crippen molar-refractivity contribution in [2.75, 3.05) is 4.90 Å². The number of carbonyl (C=O) groups excluding carboxylic acids is 3. The minimum atomic E-state index is -1.26. The summed E-state index contributed by atoms with van der Waals surface area (Å²) >= 11 is 5.94. The SMILES string of the molecule is O=C([O-])c1ccc(-c2ccc(/C=C3/NC(=O)N(c4cccc(Cl)c4)C3=O)o2)cc1. The molecule has 1 N–H and O–H groups in total. The minimum absolute atomic E-state index is 0.0584. The molecule has 4 rings (SSSR count). The molecule has 144 valence electrons. The number of carboxylic acids is 1. The van der Waals surface area contributed by atoms with Gasteiger partial charge in [-0.1, -0.05) is 41.9 Å². The summed E-state index contributed by atoms with van der Waals surface area (Å²) in [5, 5.41) is 13.7. The van der Waals surface area contributed by atoms with Gasteiger partial charge in [0.15, 0.2) is 0 Å². The van der Waals surface area contributed by atoms with Crippen molar-refractivity contribution in [3.8, 4) is 11.3 Å². The lowest BCUT2D eigenvalue weighted by Crippen LogP contribution is -2.30. The highest BCUT2D eigenvalue weighted by molar-refractivity contribution is 6.32. The van der Waals surface area contributed by atoms with Crippen molar-refractivity contribution in [2.24, 2.45) is 0 Å². The van der Waals surface area contributed by atoms with Gasteiger partial charge in [-0.3, -0.25) is 4.79 Å². The average Bonchev–Trinajstić information content (AvgIpc) is 3.26. The van der Waals surface area contributed by atoms with E-state index in [4.69, 9.17) is 16.0 Å². The number of nitrogens with one attached hydrogen (secondary N) is 1. The lowest BCUT2D eigenvalue weighted by atomic mass is 10.1. The van der Waals surface area contributed by atoms with Gasteiger partial charge in [-0.15, -0.1) is 0 Å². The van der Waals surface area contributed by atoms with Gasteiger partial charge in [-0.05, 0) is 35.9 Å². The molecule has 0 spiro atoms. The number of furan rings is 1. The first-order valence-electron chi connectivity index (χ1n) is 8.47. The maximum Gasteiger partial charge on any atom is 0.333 e. The second-order valence-corrected chi connectivity index (χ2v) is 6.61. The molecule has 0 atom stereocenters. The summed E-state index contributed by atoms with van der Waals surface area (Å²) in [6.45, 7) is 0. The van der Waals surface area contributed by atoms with E-state index in [1.165, 1.54) is 24.3 Å². The van der Waals surface area contributed by atoms with E-state index in [2.05, 4.69) is 5.32 Å². The largest absolute Gasteiger partial charge is 0.545 e. The summed E-state index contributed by atoms with van der Waals surface area (Å²) in [5.41, 5.74) is 1.13. The first kappa shape index (κ1) is 18.5. The van der Waals surface area contributed by atoms with Crippen LogP contribution >= 0.6 is 11.6 Å². The van der Waals surface area contributed by atoms with Crippen molar-refractivity contribution in [3.05, 3.63) is 82.7 Å². The van der Waals surface area contributed by atoms with Crippen LogP contribution in [0, 0.1) is 0 Å². The molecule has 1 fully saturated rings. The smallest absolute Gasteiger partial charge is 0.333 e. The summed E-state index contributed by atoms with van der Waals surface area (Å²) < 4.78 is 5.69. The molecule has 0 unspecified atom stereocenters. The summed E-state index contributed by atoms with van der Waals surface area (Å²) in [4.78, 5) is 36.7. The van der Waals surface area contributed by atoms with Crippen LogP contribution in [-0.4, -0.2) is 17.9 Å². The van der Waals surface area contributed by atoms with E-state index >= 15 is 0 Å². The molecule has 8 heteroatoms. The van der Waals surface area contributed by atoms with Crippen LogP contribution in [0.25, 0.3) is 17.4 Å². The summed E-state index contributed by atoms with van der Waals surface area (Å²) in [5.74, 6) is -0.972. The normalized spacial score (nSPS) is 15.1. The minimum Gasteiger partial charge on any atom is -0.545 e. The van der Waals surface area contributed by atoms with E-state index in [9.17, 15) is 19.5 Å². The highest BCUT2D eigenvalue weighted by Gasteiger charge is 2.35. The number of benzene rings is 2. The lowest BCUT2D eigenvalue weighted by molar-refractivity contribution is -0.255. The average molecular weight is 408 g/mol. The number of imide groups is 1. The van der Waals surface area contributed by atoms with E-state index in [1.807, 2.05) is 0 Å². The van der Waals surface area contributed by atoms with Crippen LogP contribution in [0.4, 0.5) is 10.5 Å². The van der Waals surface area contributed by atoms with Gasteiger partial charge in [0.05, 0.1) is 11.7 Å². The quantitative estimate of drug-likeness (QED) is 0.529. The van der Waals surface area contributed by atoms with Gasteiger partial charge in [-0.2, -0.15) is 0 Å². The summed E-state index contributed by atoms with van der Waals surface area (Å²) in [7, 11) is 0. The molecule has 3 aromatic rings. The molecule has 1 saturated heterocycles. The van der Waals surface area contributed by atoms with Crippen molar-refractivity contribution >= 4 is 41.3 Å². The molecule has 1 aromatic heterocycles. The van der Waals surface area contributed by atoms with E-state index in [0.717, 1.165) is 4.90 Å². The number of urea groups is 1. The molecule has 0 saturated carbocycles. The van der Waals surface area contributed by atoms with Crippen LogP contribution < -0.4 is 15.3 Å². The Kier molecular flexibility index (Phi) is 4.66. The van der Waals surface area contributed by atoms with Crippen molar-refractivity contribution in [1.82, 2.24) is 5.32 Å². The number of rotatable bonds is 4. The van der Waals surface area contributed by atoms with Gasteiger partial charge in [0.2, 0.25) is 0 Å². The third kappa shape index (κ3) is 3.63. The fourth-order valence-corrected chi connectivity index (χ4v) is 3.07. The Morgan fingerprint density at radius 1 is 1.07 bits per heavy atom. The zero-order chi connectivity index (χ0) is 20.5. The molecule has 3 amide bonds. The molecule has 2 heterocycles.